The van der Waals surface area contributed by atoms with Gasteiger partial charge >= 0.3 is 0 Å². The highest BCUT2D eigenvalue weighted by Gasteiger charge is 2.22. The number of aromatic nitrogens is 2. The molecule has 12 nitrogen and oxygen atoms in total. The molecule has 0 atom stereocenters. The van der Waals surface area contributed by atoms with Crippen LogP contribution in [0.2, 0.25) is 0 Å². The zero-order valence-corrected chi connectivity index (χ0v) is 22.6. The van der Waals surface area contributed by atoms with Gasteiger partial charge in [0.25, 0.3) is 11.5 Å². The number of benzene rings is 1. The first kappa shape index (κ1) is 27.0. The Morgan fingerprint density at radius 1 is 1.10 bits per heavy atom. The molecule has 0 aliphatic carbocycles. The van der Waals surface area contributed by atoms with E-state index in [2.05, 4.69) is 30.8 Å². The molecule has 0 unspecified atom stereocenters. The molecule has 0 radical (unpaired) electrons. The molecule has 3 aromatic rings. The van der Waals surface area contributed by atoms with Gasteiger partial charge in [-0.25, -0.2) is 4.98 Å². The predicted molar refractivity (Wildman–Crippen MR) is 153 cm³/mol. The molecule has 40 heavy (non-hydrogen) atoms. The van der Waals surface area contributed by atoms with E-state index >= 15 is 0 Å². The van der Waals surface area contributed by atoms with E-state index in [1.165, 1.54) is 6.20 Å². The van der Waals surface area contributed by atoms with Gasteiger partial charge in [0, 0.05) is 63.0 Å². The van der Waals surface area contributed by atoms with Crippen LogP contribution in [0.15, 0.2) is 47.5 Å². The second-order valence-electron chi connectivity index (χ2n) is 9.58. The zero-order valence-electron chi connectivity index (χ0n) is 22.6. The van der Waals surface area contributed by atoms with Gasteiger partial charge in [-0.15, -0.1) is 0 Å². The number of nitrogens with zero attached hydrogens (tertiary/aromatic N) is 3. The van der Waals surface area contributed by atoms with Crippen molar-refractivity contribution in [2.24, 2.45) is 0 Å². The number of fused-ring (bicyclic) bond motifs is 1. The van der Waals surface area contributed by atoms with E-state index in [1.807, 2.05) is 24.0 Å². The van der Waals surface area contributed by atoms with Crippen molar-refractivity contribution in [1.82, 2.24) is 14.9 Å². The number of methoxy groups -OCH3 is 1. The van der Waals surface area contributed by atoms with Gasteiger partial charge in [0.1, 0.15) is 17.9 Å². The van der Waals surface area contributed by atoms with Gasteiger partial charge in [0.15, 0.2) is 0 Å². The number of amides is 2. The highest BCUT2D eigenvalue weighted by Crippen LogP contribution is 2.34. The zero-order chi connectivity index (χ0) is 28.1. The van der Waals surface area contributed by atoms with E-state index in [0.29, 0.717) is 62.2 Å². The molecule has 2 aliphatic rings. The summed E-state index contributed by atoms with van der Waals surface area (Å²) in [4.78, 5) is 49.2. The van der Waals surface area contributed by atoms with Crippen molar-refractivity contribution < 1.29 is 19.1 Å². The van der Waals surface area contributed by atoms with Crippen molar-refractivity contribution in [3.05, 3.63) is 64.2 Å². The third-order valence-corrected chi connectivity index (χ3v) is 7.05. The molecule has 12 heteroatoms. The Morgan fingerprint density at radius 3 is 2.62 bits per heavy atom. The number of carbonyl (C=O) groups is 2. The lowest BCUT2D eigenvalue weighted by Gasteiger charge is -2.36. The number of piperazine rings is 1. The number of nitrogens with one attached hydrogen (secondary N) is 4. The maximum Gasteiger partial charge on any atom is 0.263 e. The minimum absolute atomic E-state index is 0.0397. The van der Waals surface area contributed by atoms with Crippen LogP contribution in [0, 0.1) is 6.92 Å². The summed E-state index contributed by atoms with van der Waals surface area (Å²) in [5.41, 5.74) is 3.67. The number of carbonyl (C=O) groups excluding carboxylic acids is 2. The molecule has 210 valence electrons. The Kier molecular flexibility index (Phi) is 8.15. The van der Waals surface area contributed by atoms with Crippen molar-refractivity contribution in [2.75, 3.05) is 73.9 Å². The highest BCUT2D eigenvalue weighted by molar-refractivity contribution is 6.08. The Hall–Kier alpha value is -4.58. The maximum absolute atomic E-state index is 13.2. The standard InChI is InChI=1S/C28H33N7O5/c1-18-22(17-31-28-25(18)29-10-16-40-28)33-21-7-9-30-26(37)24(21)27(38)32-19-3-5-20(6-4-19)34-11-13-35(14-12-34)23(36)8-15-39-2/h3-7,9,17,29H,8,10-16H2,1-2H3,(H,32,38)(H2,30,33,37). The lowest BCUT2D eigenvalue weighted by molar-refractivity contribution is -0.132. The van der Waals surface area contributed by atoms with E-state index in [0.717, 1.165) is 30.0 Å². The average molecular weight is 548 g/mol. The van der Waals surface area contributed by atoms with Crippen LogP contribution in [0.25, 0.3) is 0 Å². The van der Waals surface area contributed by atoms with E-state index in [1.54, 1.807) is 31.5 Å². The quantitative estimate of drug-likeness (QED) is 0.335. The van der Waals surface area contributed by atoms with Crippen LogP contribution in [0.4, 0.5) is 28.4 Å². The topological polar surface area (TPSA) is 141 Å². The van der Waals surface area contributed by atoms with E-state index in [9.17, 15) is 14.4 Å². The Bertz CT molecular complexity index is 1430. The monoisotopic (exact) mass is 547 g/mol. The van der Waals surface area contributed by atoms with Crippen LogP contribution >= 0.6 is 0 Å². The Balaban J connectivity index is 1.25. The smallest absolute Gasteiger partial charge is 0.263 e. The molecule has 5 rings (SSSR count). The lowest BCUT2D eigenvalue weighted by atomic mass is 10.1. The van der Waals surface area contributed by atoms with Gasteiger partial charge in [0.2, 0.25) is 11.8 Å². The first-order chi connectivity index (χ1) is 19.4. The normalized spacial score (nSPS) is 14.6. The molecule has 2 aliphatic heterocycles. The molecule has 0 saturated carbocycles. The fraction of sp³-hybridized carbons (Fsp3) is 0.357. The summed E-state index contributed by atoms with van der Waals surface area (Å²) in [6.07, 6.45) is 3.50. The second kappa shape index (κ2) is 12.1. The Labute approximate surface area is 231 Å². The van der Waals surface area contributed by atoms with E-state index in [4.69, 9.17) is 9.47 Å². The fourth-order valence-electron chi connectivity index (χ4n) is 4.81. The summed E-state index contributed by atoms with van der Waals surface area (Å²) >= 11 is 0. The number of pyridine rings is 2. The van der Waals surface area contributed by atoms with Crippen molar-refractivity contribution in [2.45, 2.75) is 13.3 Å². The molecule has 4 N–H and O–H groups in total. The van der Waals surface area contributed by atoms with Gasteiger partial charge in [-0.2, -0.15) is 0 Å². The third kappa shape index (κ3) is 5.86. The predicted octanol–water partition coefficient (Wildman–Crippen LogP) is 2.56. The minimum Gasteiger partial charge on any atom is -0.474 e. The SMILES string of the molecule is COCCC(=O)N1CCN(c2ccc(NC(=O)c3c(Nc4cnc5c(c4C)NCCO5)cc[nH]c3=O)cc2)CC1. The van der Waals surface area contributed by atoms with Crippen LogP contribution in [0.5, 0.6) is 5.88 Å². The molecular weight excluding hydrogens is 514 g/mol. The summed E-state index contributed by atoms with van der Waals surface area (Å²) in [5.74, 6) is 0.0948. The Morgan fingerprint density at radius 2 is 1.88 bits per heavy atom. The van der Waals surface area contributed by atoms with E-state index in [-0.39, 0.29) is 11.5 Å². The van der Waals surface area contributed by atoms with Crippen molar-refractivity contribution >= 4 is 40.3 Å². The molecule has 4 heterocycles. The number of hydrogen-bond donors (Lipinski definition) is 4. The first-order valence-corrected chi connectivity index (χ1v) is 13.2. The molecule has 1 saturated heterocycles. The summed E-state index contributed by atoms with van der Waals surface area (Å²) in [6.45, 7) is 6.29. The number of hydrogen-bond acceptors (Lipinski definition) is 9. The van der Waals surface area contributed by atoms with Crippen molar-refractivity contribution in [3.8, 4) is 5.88 Å². The molecule has 0 bridgehead atoms. The summed E-state index contributed by atoms with van der Waals surface area (Å²) in [7, 11) is 1.59. The van der Waals surface area contributed by atoms with Crippen LogP contribution in [-0.4, -0.2) is 79.7 Å². The molecule has 0 spiro atoms. The van der Waals surface area contributed by atoms with Crippen LogP contribution < -0.4 is 31.1 Å². The van der Waals surface area contributed by atoms with Crippen molar-refractivity contribution in [3.63, 3.8) is 0 Å². The highest BCUT2D eigenvalue weighted by atomic mass is 16.5. The van der Waals surface area contributed by atoms with Gasteiger partial charge < -0.3 is 40.2 Å². The average Bonchev–Trinajstić information content (AvgIpc) is 2.98. The van der Waals surface area contributed by atoms with Crippen LogP contribution in [0.1, 0.15) is 22.3 Å². The molecule has 2 amide bonds. The molecule has 2 aromatic heterocycles. The number of H-pyrrole nitrogens is 1. The van der Waals surface area contributed by atoms with Gasteiger partial charge in [-0.1, -0.05) is 0 Å². The van der Waals surface area contributed by atoms with Gasteiger partial charge in [0.05, 0.1) is 30.6 Å². The van der Waals surface area contributed by atoms with E-state index < -0.39 is 11.5 Å². The number of ether oxygens (including phenoxy) is 2. The molecule has 1 fully saturated rings. The van der Waals surface area contributed by atoms with Gasteiger partial charge in [-0.05, 0) is 37.3 Å². The third-order valence-electron chi connectivity index (χ3n) is 7.05. The summed E-state index contributed by atoms with van der Waals surface area (Å²) < 4.78 is 10.6. The maximum atomic E-state index is 13.2. The lowest BCUT2D eigenvalue weighted by Crippen LogP contribution is -2.49. The number of rotatable bonds is 8. The van der Waals surface area contributed by atoms with Crippen molar-refractivity contribution in [1.29, 1.82) is 0 Å². The number of anilines is 5. The molecular formula is C28H33N7O5. The van der Waals surface area contributed by atoms with Gasteiger partial charge in [-0.3, -0.25) is 14.4 Å². The first-order valence-electron chi connectivity index (χ1n) is 13.2. The van der Waals surface area contributed by atoms with Crippen LogP contribution in [0.3, 0.4) is 0 Å². The summed E-state index contributed by atoms with van der Waals surface area (Å²) in [5, 5.41) is 9.30. The largest absolute Gasteiger partial charge is 0.474 e. The number of aromatic amines is 1. The van der Waals surface area contributed by atoms with Crippen LogP contribution in [-0.2, 0) is 9.53 Å². The second-order valence-corrected chi connectivity index (χ2v) is 9.58. The molecule has 1 aromatic carbocycles. The minimum atomic E-state index is -0.537. The fourth-order valence-corrected chi connectivity index (χ4v) is 4.81. The summed E-state index contributed by atoms with van der Waals surface area (Å²) in [6, 6.07) is 9.09.